The van der Waals surface area contributed by atoms with E-state index in [-0.39, 0.29) is 24.0 Å². The Balaban J connectivity index is 2.59. The van der Waals surface area contributed by atoms with Crippen LogP contribution >= 0.6 is 0 Å². The van der Waals surface area contributed by atoms with Crippen molar-refractivity contribution in [1.82, 2.24) is 10.3 Å². The van der Waals surface area contributed by atoms with Crippen LogP contribution < -0.4 is 11.1 Å². The molecule has 0 aliphatic carbocycles. The van der Waals surface area contributed by atoms with Crippen molar-refractivity contribution in [2.24, 2.45) is 5.73 Å². The van der Waals surface area contributed by atoms with Gasteiger partial charge in [-0.1, -0.05) is 0 Å². The van der Waals surface area contributed by atoms with Gasteiger partial charge < -0.3 is 15.5 Å². The molecule has 0 radical (unpaired) electrons. The molecule has 0 bridgehead atoms. The van der Waals surface area contributed by atoms with E-state index in [9.17, 15) is 9.59 Å². The molecular formula is C7H9N3O3. The van der Waals surface area contributed by atoms with Gasteiger partial charge in [0, 0.05) is 6.92 Å². The summed E-state index contributed by atoms with van der Waals surface area (Å²) in [5.74, 6) is -0.597. The highest BCUT2D eigenvalue weighted by Gasteiger charge is 2.07. The zero-order valence-electron chi connectivity index (χ0n) is 7.03. The molecule has 0 aromatic carbocycles. The van der Waals surface area contributed by atoms with Gasteiger partial charge in [-0.05, 0) is 0 Å². The van der Waals surface area contributed by atoms with E-state index in [0.29, 0.717) is 0 Å². The molecule has 0 fully saturated rings. The number of oxazole rings is 1. The summed E-state index contributed by atoms with van der Waals surface area (Å²) in [6.07, 6.45) is 1.15. The second-order valence-electron chi connectivity index (χ2n) is 2.40. The third kappa shape index (κ3) is 2.58. The monoisotopic (exact) mass is 183 g/mol. The van der Waals surface area contributed by atoms with Crippen molar-refractivity contribution < 1.29 is 14.0 Å². The number of hydrogen-bond donors (Lipinski definition) is 2. The van der Waals surface area contributed by atoms with E-state index in [2.05, 4.69) is 10.3 Å². The summed E-state index contributed by atoms with van der Waals surface area (Å²) in [6.45, 7) is 1.53. The number of nitrogens with one attached hydrogen (secondary N) is 1. The first kappa shape index (κ1) is 9.24. The molecule has 1 heterocycles. The highest BCUT2D eigenvalue weighted by molar-refractivity contribution is 5.90. The van der Waals surface area contributed by atoms with E-state index >= 15 is 0 Å². The number of nitrogens with two attached hydrogens (primary N) is 1. The molecule has 0 aliphatic rings. The van der Waals surface area contributed by atoms with Crippen molar-refractivity contribution >= 4 is 11.8 Å². The first-order valence-electron chi connectivity index (χ1n) is 3.58. The maximum absolute atomic E-state index is 10.6. The smallest absolute Gasteiger partial charge is 0.270 e. The maximum atomic E-state index is 10.6. The Bertz CT molecular complexity index is 331. The summed E-state index contributed by atoms with van der Waals surface area (Å²) in [5.41, 5.74) is 4.99. The Morgan fingerprint density at radius 1 is 1.69 bits per heavy atom. The predicted molar refractivity (Wildman–Crippen MR) is 42.5 cm³/mol. The quantitative estimate of drug-likeness (QED) is 0.654. The van der Waals surface area contributed by atoms with Crippen LogP contribution in [-0.2, 0) is 11.3 Å². The van der Waals surface area contributed by atoms with Crippen LogP contribution in [0.2, 0.25) is 0 Å². The van der Waals surface area contributed by atoms with Crippen LogP contribution in [0, 0.1) is 0 Å². The fourth-order valence-corrected chi connectivity index (χ4v) is 0.705. The van der Waals surface area contributed by atoms with Crippen molar-refractivity contribution in [2.75, 3.05) is 0 Å². The van der Waals surface area contributed by atoms with E-state index < -0.39 is 5.91 Å². The summed E-state index contributed by atoms with van der Waals surface area (Å²) in [5, 5.41) is 2.47. The summed E-state index contributed by atoms with van der Waals surface area (Å²) in [4.78, 5) is 24.8. The molecule has 6 heteroatoms. The van der Waals surface area contributed by atoms with Gasteiger partial charge in [-0.2, -0.15) is 0 Å². The lowest BCUT2D eigenvalue weighted by molar-refractivity contribution is -0.119. The van der Waals surface area contributed by atoms with E-state index in [1.807, 2.05) is 0 Å². The number of rotatable bonds is 3. The maximum Gasteiger partial charge on any atom is 0.270 e. The van der Waals surface area contributed by atoms with Crippen molar-refractivity contribution in [3.8, 4) is 0 Å². The average Bonchev–Trinajstić information content (AvgIpc) is 2.48. The van der Waals surface area contributed by atoms with Gasteiger partial charge in [0.05, 0.1) is 6.54 Å². The molecule has 3 N–H and O–H groups in total. The molecule has 0 atom stereocenters. The lowest BCUT2D eigenvalue weighted by atomic mass is 10.5. The van der Waals surface area contributed by atoms with Crippen LogP contribution in [0.4, 0.5) is 0 Å². The number of hydrogen-bond acceptors (Lipinski definition) is 4. The molecule has 1 aromatic heterocycles. The summed E-state index contributed by atoms with van der Waals surface area (Å²) >= 11 is 0. The second-order valence-corrected chi connectivity index (χ2v) is 2.40. The molecule has 0 unspecified atom stereocenters. The van der Waals surface area contributed by atoms with Gasteiger partial charge >= 0.3 is 0 Å². The minimum atomic E-state index is -0.655. The lowest BCUT2D eigenvalue weighted by Crippen LogP contribution is -2.19. The van der Waals surface area contributed by atoms with Crippen LogP contribution in [0.3, 0.4) is 0 Å². The average molecular weight is 183 g/mol. The van der Waals surface area contributed by atoms with E-state index in [4.69, 9.17) is 10.2 Å². The predicted octanol–water partition coefficient (Wildman–Crippen LogP) is -0.590. The number of carbonyl (C=O) groups is 2. The number of carbonyl (C=O) groups excluding carboxylic acids is 2. The largest absolute Gasteiger partial charge is 0.446 e. The summed E-state index contributed by atoms with van der Waals surface area (Å²) in [7, 11) is 0. The molecular weight excluding hydrogens is 174 g/mol. The zero-order valence-corrected chi connectivity index (χ0v) is 7.03. The first-order valence-corrected chi connectivity index (χ1v) is 3.58. The molecule has 0 saturated heterocycles. The van der Waals surface area contributed by atoms with Gasteiger partial charge in [-0.15, -0.1) is 0 Å². The Hall–Kier alpha value is -1.85. The van der Waals surface area contributed by atoms with Crippen molar-refractivity contribution in [3.63, 3.8) is 0 Å². The number of aromatic nitrogens is 1. The van der Waals surface area contributed by atoms with Gasteiger partial charge in [0.1, 0.15) is 6.26 Å². The Labute approximate surface area is 74.1 Å². The second kappa shape index (κ2) is 3.70. The molecule has 1 rings (SSSR count). The Kier molecular flexibility index (Phi) is 2.63. The van der Waals surface area contributed by atoms with E-state index in [0.717, 1.165) is 6.26 Å². The molecule has 1 aromatic rings. The van der Waals surface area contributed by atoms with E-state index in [1.54, 1.807) is 0 Å². The third-order valence-electron chi connectivity index (χ3n) is 1.29. The normalized spacial score (nSPS) is 9.62. The Morgan fingerprint density at radius 3 is 2.85 bits per heavy atom. The molecule has 13 heavy (non-hydrogen) atoms. The summed E-state index contributed by atoms with van der Waals surface area (Å²) in [6, 6.07) is 0. The number of nitrogens with zero attached hydrogens (tertiary/aromatic N) is 1. The van der Waals surface area contributed by atoms with Crippen LogP contribution in [0.1, 0.15) is 23.3 Å². The topological polar surface area (TPSA) is 98.2 Å². The van der Waals surface area contributed by atoms with Gasteiger partial charge in [-0.25, -0.2) is 4.98 Å². The van der Waals surface area contributed by atoms with Crippen molar-refractivity contribution in [3.05, 3.63) is 17.8 Å². The minimum Gasteiger partial charge on any atom is -0.446 e. The molecule has 0 saturated carbocycles. The van der Waals surface area contributed by atoms with Crippen LogP contribution in [0.25, 0.3) is 0 Å². The van der Waals surface area contributed by atoms with E-state index in [1.165, 1.54) is 6.92 Å². The number of amides is 2. The van der Waals surface area contributed by atoms with Crippen LogP contribution in [0.5, 0.6) is 0 Å². The van der Waals surface area contributed by atoms with Crippen LogP contribution in [-0.4, -0.2) is 16.8 Å². The molecule has 0 spiro atoms. The fourth-order valence-electron chi connectivity index (χ4n) is 0.705. The van der Waals surface area contributed by atoms with Gasteiger partial charge in [-0.3, -0.25) is 9.59 Å². The standard InChI is InChI=1S/C7H9N3O3/c1-4(11)9-2-6-10-5(3-13-6)7(8)12/h3H,2H2,1H3,(H2,8,12)(H,9,11). The first-order chi connectivity index (χ1) is 6.09. The molecule has 2 amide bonds. The Morgan fingerprint density at radius 2 is 2.38 bits per heavy atom. The van der Waals surface area contributed by atoms with Gasteiger partial charge in [0.25, 0.3) is 5.91 Å². The minimum absolute atomic E-state index is 0.0559. The highest BCUT2D eigenvalue weighted by Crippen LogP contribution is 2.00. The fraction of sp³-hybridized carbons (Fsp3) is 0.286. The lowest BCUT2D eigenvalue weighted by Gasteiger charge is -1.94. The number of primary amides is 1. The van der Waals surface area contributed by atoms with Crippen LogP contribution in [0.15, 0.2) is 10.7 Å². The highest BCUT2D eigenvalue weighted by atomic mass is 16.3. The summed E-state index contributed by atoms with van der Waals surface area (Å²) < 4.78 is 4.85. The van der Waals surface area contributed by atoms with Crippen molar-refractivity contribution in [1.29, 1.82) is 0 Å². The third-order valence-corrected chi connectivity index (χ3v) is 1.29. The van der Waals surface area contributed by atoms with Crippen molar-refractivity contribution in [2.45, 2.75) is 13.5 Å². The SMILES string of the molecule is CC(=O)NCc1nc(C(N)=O)co1. The zero-order chi connectivity index (χ0) is 9.84. The molecule has 70 valence electrons. The van der Waals surface area contributed by atoms with Gasteiger partial charge in [0.15, 0.2) is 5.69 Å². The van der Waals surface area contributed by atoms with Gasteiger partial charge in [0.2, 0.25) is 11.8 Å². The molecule has 0 aliphatic heterocycles. The molecule has 6 nitrogen and oxygen atoms in total.